The predicted octanol–water partition coefficient (Wildman–Crippen LogP) is 5.29. The minimum Gasteiger partial charge on any atom is -0.497 e. The van der Waals surface area contributed by atoms with Crippen molar-refractivity contribution in [2.75, 3.05) is 23.5 Å². The number of hydrogen-bond acceptors (Lipinski definition) is 7. The lowest BCUT2D eigenvalue weighted by Crippen LogP contribution is -2.30. The molecule has 0 aliphatic carbocycles. The molecule has 0 atom stereocenters. The van der Waals surface area contributed by atoms with Crippen molar-refractivity contribution in [1.82, 2.24) is 10.3 Å². The van der Waals surface area contributed by atoms with E-state index in [0.29, 0.717) is 27.7 Å². The van der Waals surface area contributed by atoms with Gasteiger partial charge in [-0.15, -0.1) is 23.1 Å². The number of thiazole rings is 1. The number of amides is 3. The molecule has 0 aliphatic rings. The first kappa shape index (κ1) is 26.6. The number of nitrogens with zero attached hydrogens (tertiary/aromatic N) is 1. The molecule has 0 spiro atoms. The highest BCUT2D eigenvalue weighted by Gasteiger charge is 2.15. The molecule has 8 nitrogen and oxygen atoms in total. The minimum absolute atomic E-state index is 0.0846. The summed E-state index contributed by atoms with van der Waals surface area (Å²) in [5.74, 6) is -0.118. The number of rotatable bonds is 10. The normalized spacial score (nSPS) is 10.9. The number of benzene rings is 3. The lowest BCUT2D eigenvalue weighted by molar-refractivity contribution is -0.114. The van der Waals surface area contributed by atoms with Gasteiger partial charge in [0.05, 0.1) is 12.9 Å². The van der Waals surface area contributed by atoms with Crippen LogP contribution in [0.2, 0.25) is 0 Å². The molecule has 0 aliphatic heterocycles. The molecule has 3 amide bonds. The van der Waals surface area contributed by atoms with Gasteiger partial charge in [-0.05, 0) is 60.2 Å². The van der Waals surface area contributed by atoms with Crippen LogP contribution in [-0.2, 0) is 9.59 Å². The molecule has 0 fully saturated rings. The molecule has 0 saturated heterocycles. The van der Waals surface area contributed by atoms with Gasteiger partial charge < -0.3 is 20.7 Å². The number of carbonyl (C=O) groups is 3. The first-order chi connectivity index (χ1) is 18.5. The van der Waals surface area contributed by atoms with Crippen molar-refractivity contribution in [3.05, 3.63) is 107 Å². The van der Waals surface area contributed by atoms with Gasteiger partial charge in [0, 0.05) is 27.7 Å². The molecule has 0 radical (unpaired) electrons. The Hall–Kier alpha value is -4.41. The first-order valence-corrected chi connectivity index (χ1v) is 13.3. The largest absolute Gasteiger partial charge is 0.497 e. The van der Waals surface area contributed by atoms with Crippen LogP contribution in [0.4, 0.5) is 10.8 Å². The van der Waals surface area contributed by atoms with Crippen LogP contribution >= 0.6 is 23.1 Å². The van der Waals surface area contributed by atoms with Crippen molar-refractivity contribution in [3.8, 4) is 5.75 Å². The molecule has 1 aromatic heterocycles. The minimum atomic E-state index is -0.478. The monoisotopic (exact) mass is 544 g/mol. The molecule has 4 rings (SSSR count). The smallest absolute Gasteiger partial charge is 0.272 e. The van der Waals surface area contributed by atoms with E-state index in [0.717, 1.165) is 4.90 Å². The van der Waals surface area contributed by atoms with Gasteiger partial charge >= 0.3 is 0 Å². The van der Waals surface area contributed by atoms with Crippen molar-refractivity contribution in [2.45, 2.75) is 4.90 Å². The number of ether oxygens (including phenoxy) is 1. The number of hydrogen-bond donors (Lipinski definition) is 3. The summed E-state index contributed by atoms with van der Waals surface area (Å²) in [4.78, 5) is 42.9. The van der Waals surface area contributed by atoms with E-state index >= 15 is 0 Å². The van der Waals surface area contributed by atoms with E-state index in [4.69, 9.17) is 4.74 Å². The second kappa shape index (κ2) is 13.2. The Morgan fingerprint density at radius 3 is 2.34 bits per heavy atom. The Kier molecular flexibility index (Phi) is 9.27. The van der Waals surface area contributed by atoms with Crippen molar-refractivity contribution >= 4 is 57.7 Å². The lowest BCUT2D eigenvalue weighted by atomic mass is 10.1. The highest BCUT2D eigenvalue weighted by atomic mass is 32.2. The van der Waals surface area contributed by atoms with Crippen molar-refractivity contribution in [3.63, 3.8) is 0 Å². The average Bonchev–Trinajstić information content (AvgIpc) is 3.46. The van der Waals surface area contributed by atoms with Crippen LogP contribution < -0.4 is 20.7 Å². The average molecular weight is 545 g/mol. The van der Waals surface area contributed by atoms with E-state index in [-0.39, 0.29) is 17.4 Å². The molecular formula is C28H24N4O4S2. The lowest BCUT2D eigenvalue weighted by Gasteiger charge is -2.12. The van der Waals surface area contributed by atoms with E-state index in [1.54, 1.807) is 85.4 Å². The van der Waals surface area contributed by atoms with Gasteiger partial charge in [-0.3, -0.25) is 14.4 Å². The van der Waals surface area contributed by atoms with Gasteiger partial charge in [-0.1, -0.05) is 30.3 Å². The van der Waals surface area contributed by atoms with Crippen LogP contribution in [0.25, 0.3) is 6.08 Å². The molecule has 192 valence electrons. The first-order valence-electron chi connectivity index (χ1n) is 11.5. The maximum atomic E-state index is 13.2. The standard InChI is InChI=1S/C28H24N4O4S2/c1-36-22-11-7-19(8-12-22)17-24(31-26(34)20-5-3-2-4-6-20)27(35)30-21-9-13-23(14-10-21)38-18-25(33)32-28-29-15-16-37-28/h2-17H,18H2,1H3,(H,30,35)(H,31,34)(H,29,32,33)/b24-17-. The molecular weight excluding hydrogens is 520 g/mol. The SMILES string of the molecule is COc1ccc(/C=C(\NC(=O)c2ccccc2)C(=O)Nc2ccc(SCC(=O)Nc3nccs3)cc2)cc1. The second-order valence-electron chi connectivity index (χ2n) is 7.80. The van der Waals surface area contributed by atoms with E-state index in [2.05, 4.69) is 20.9 Å². The fourth-order valence-electron chi connectivity index (χ4n) is 3.23. The van der Waals surface area contributed by atoms with Gasteiger partial charge in [0.1, 0.15) is 11.4 Å². The summed E-state index contributed by atoms with van der Waals surface area (Å²) in [6, 6.07) is 22.9. The van der Waals surface area contributed by atoms with Gasteiger partial charge in [0.15, 0.2) is 5.13 Å². The molecule has 0 unspecified atom stereocenters. The Labute approximate surface area is 228 Å². The van der Waals surface area contributed by atoms with Crippen LogP contribution in [0.5, 0.6) is 5.75 Å². The molecule has 4 aromatic rings. The van der Waals surface area contributed by atoms with Gasteiger partial charge in [-0.2, -0.15) is 0 Å². The van der Waals surface area contributed by atoms with Crippen LogP contribution in [-0.4, -0.2) is 35.6 Å². The number of nitrogens with one attached hydrogen (secondary N) is 3. The van der Waals surface area contributed by atoms with Gasteiger partial charge in [-0.25, -0.2) is 4.98 Å². The quantitative estimate of drug-likeness (QED) is 0.185. The molecule has 3 aromatic carbocycles. The van der Waals surface area contributed by atoms with E-state index in [1.165, 1.54) is 23.1 Å². The third-order valence-electron chi connectivity index (χ3n) is 5.12. The van der Waals surface area contributed by atoms with E-state index in [9.17, 15) is 14.4 Å². The zero-order valence-corrected chi connectivity index (χ0v) is 22.0. The number of anilines is 2. The Bertz CT molecular complexity index is 1410. The fourth-order valence-corrected chi connectivity index (χ4v) is 4.48. The number of aromatic nitrogens is 1. The molecule has 0 saturated carbocycles. The predicted molar refractivity (Wildman–Crippen MR) is 151 cm³/mol. The van der Waals surface area contributed by atoms with Crippen LogP contribution in [0.15, 0.2) is 101 Å². The Morgan fingerprint density at radius 1 is 0.947 bits per heavy atom. The number of carbonyl (C=O) groups excluding carboxylic acids is 3. The van der Waals surface area contributed by atoms with Crippen molar-refractivity contribution in [2.24, 2.45) is 0 Å². The highest BCUT2D eigenvalue weighted by molar-refractivity contribution is 8.00. The molecule has 3 N–H and O–H groups in total. The fraction of sp³-hybridized carbons (Fsp3) is 0.0714. The second-order valence-corrected chi connectivity index (χ2v) is 9.75. The summed E-state index contributed by atoms with van der Waals surface area (Å²) in [7, 11) is 1.57. The number of thioether (sulfide) groups is 1. The Balaban J connectivity index is 1.42. The van der Waals surface area contributed by atoms with Gasteiger partial charge in [0.2, 0.25) is 5.91 Å². The molecule has 10 heteroatoms. The summed E-state index contributed by atoms with van der Waals surface area (Å²) in [5.41, 5.74) is 1.77. The summed E-state index contributed by atoms with van der Waals surface area (Å²) >= 11 is 2.73. The van der Waals surface area contributed by atoms with Crippen LogP contribution in [0.1, 0.15) is 15.9 Å². The summed E-state index contributed by atoms with van der Waals surface area (Å²) < 4.78 is 5.19. The molecule has 0 bridgehead atoms. The van der Waals surface area contributed by atoms with Gasteiger partial charge in [0.25, 0.3) is 11.8 Å². The van der Waals surface area contributed by atoms with E-state index in [1.807, 2.05) is 18.2 Å². The highest BCUT2D eigenvalue weighted by Crippen LogP contribution is 2.22. The van der Waals surface area contributed by atoms with Crippen LogP contribution in [0, 0.1) is 0 Å². The topological polar surface area (TPSA) is 109 Å². The third kappa shape index (κ3) is 7.79. The van der Waals surface area contributed by atoms with Crippen molar-refractivity contribution < 1.29 is 19.1 Å². The van der Waals surface area contributed by atoms with Crippen LogP contribution in [0.3, 0.4) is 0 Å². The maximum Gasteiger partial charge on any atom is 0.272 e. The summed E-state index contributed by atoms with van der Waals surface area (Å²) in [6.07, 6.45) is 3.23. The third-order valence-corrected chi connectivity index (χ3v) is 6.82. The van der Waals surface area contributed by atoms with E-state index < -0.39 is 11.8 Å². The summed E-state index contributed by atoms with van der Waals surface area (Å²) in [5, 5.41) is 10.6. The summed E-state index contributed by atoms with van der Waals surface area (Å²) in [6.45, 7) is 0. The molecule has 38 heavy (non-hydrogen) atoms. The zero-order chi connectivity index (χ0) is 26.7. The van der Waals surface area contributed by atoms with Crippen molar-refractivity contribution in [1.29, 1.82) is 0 Å². The molecule has 1 heterocycles. The zero-order valence-electron chi connectivity index (χ0n) is 20.3. The number of methoxy groups -OCH3 is 1. The maximum absolute atomic E-state index is 13.2. The Morgan fingerprint density at radius 2 is 1.68 bits per heavy atom.